The van der Waals surface area contributed by atoms with Crippen molar-refractivity contribution in [1.29, 1.82) is 0 Å². The minimum atomic E-state index is 0.535. The van der Waals surface area contributed by atoms with Crippen LogP contribution in [0.1, 0.15) is 18.3 Å². The van der Waals surface area contributed by atoms with Crippen LogP contribution in [0.15, 0.2) is 0 Å². The molecule has 0 amide bonds. The Morgan fingerprint density at radius 3 is 2.82 bits per heavy atom. The van der Waals surface area contributed by atoms with Gasteiger partial charge < -0.3 is 10.1 Å². The monoisotopic (exact) mass is 279 g/mol. The first-order valence-electron chi connectivity index (χ1n) is 5.76. The van der Waals surface area contributed by atoms with E-state index in [9.17, 15) is 0 Å². The predicted octanol–water partition coefficient (Wildman–Crippen LogP) is 2.21. The van der Waals surface area contributed by atoms with Gasteiger partial charge in [-0.3, -0.25) is 4.68 Å². The first kappa shape index (κ1) is 14.8. The maximum atomic E-state index is 6.18. The molecule has 1 aromatic rings. The van der Waals surface area contributed by atoms with Crippen LogP contribution < -0.4 is 5.32 Å². The highest BCUT2D eigenvalue weighted by Crippen LogP contribution is 2.19. The fourth-order valence-electron chi connectivity index (χ4n) is 1.55. The van der Waals surface area contributed by atoms with Crippen molar-refractivity contribution in [2.75, 3.05) is 25.6 Å². The number of nitrogens with zero attached hydrogens (tertiary/aromatic N) is 2. The van der Waals surface area contributed by atoms with Gasteiger partial charge in [0.2, 0.25) is 0 Å². The first-order chi connectivity index (χ1) is 8.20. The van der Waals surface area contributed by atoms with E-state index in [1.807, 2.05) is 11.6 Å². The summed E-state index contributed by atoms with van der Waals surface area (Å²) in [6.07, 6.45) is 0. The lowest BCUT2D eigenvalue weighted by Gasteiger charge is -2.07. The van der Waals surface area contributed by atoms with Gasteiger partial charge in [0.05, 0.1) is 29.6 Å². The van der Waals surface area contributed by atoms with Crippen molar-refractivity contribution in [3.8, 4) is 0 Å². The molecule has 0 aliphatic rings. The first-order valence-corrected chi connectivity index (χ1v) is 6.68. The van der Waals surface area contributed by atoms with Crippen LogP contribution in [0.4, 0.5) is 0 Å². The topological polar surface area (TPSA) is 39.1 Å². The van der Waals surface area contributed by atoms with Crippen molar-refractivity contribution in [1.82, 2.24) is 15.1 Å². The third-order valence-corrected chi connectivity index (χ3v) is 3.04. The molecular formula is C11H19Cl2N3O. The van der Waals surface area contributed by atoms with Gasteiger partial charge >= 0.3 is 0 Å². The van der Waals surface area contributed by atoms with Crippen LogP contribution in [0.2, 0.25) is 5.02 Å². The molecule has 1 aromatic heterocycles. The normalized spacial score (nSPS) is 11.1. The Labute approximate surface area is 112 Å². The van der Waals surface area contributed by atoms with Gasteiger partial charge in [0, 0.05) is 25.5 Å². The van der Waals surface area contributed by atoms with Crippen molar-refractivity contribution in [2.45, 2.75) is 26.9 Å². The molecule has 0 fully saturated rings. The largest absolute Gasteiger partial charge is 0.379 e. The standard InChI is InChI=1S/C11H19Cl2N3O/c1-3-16-10(11(13)9(2)15-16)8-14-5-7-17-6-4-12/h14H,3-8H2,1-2H3. The van der Waals surface area contributed by atoms with Gasteiger partial charge in [0.15, 0.2) is 0 Å². The van der Waals surface area contributed by atoms with Crippen molar-refractivity contribution < 1.29 is 4.74 Å². The molecule has 0 aliphatic carbocycles. The van der Waals surface area contributed by atoms with Crippen molar-refractivity contribution in [2.24, 2.45) is 0 Å². The van der Waals surface area contributed by atoms with Crippen molar-refractivity contribution in [3.05, 3.63) is 16.4 Å². The quantitative estimate of drug-likeness (QED) is 0.586. The van der Waals surface area contributed by atoms with Crippen LogP contribution in [-0.4, -0.2) is 35.4 Å². The van der Waals surface area contributed by atoms with Crippen LogP contribution in [0.5, 0.6) is 0 Å². The number of ether oxygens (including phenoxy) is 1. The highest BCUT2D eigenvalue weighted by atomic mass is 35.5. The third kappa shape index (κ3) is 4.47. The van der Waals surface area contributed by atoms with E-state index in [2.05, 4.69) is 17.3 Å². The zero-order valence-corrected chi connectivity index (χ0v) is 11.8. The maximum Gasteiger partial charge on any atom is 0.0860 e. The smallest absolute Gasteiger partial charge is 0.0860 e. The fraction of sp³-hybridized carbons (Fsp3) is 0.727. The number of aryl methyl sites for hydroxylation is 2. The number of nitrogens with one attached hydrogen (secondary N) is 1. The third-order valence-electron chi connectivity index (χ3n) is 2.39. The lowest BCUT2D eigenvalue weighted by molar-refractivity contribution is 0.150. The van der Waals surface area contributed by atoms with Gasteiger partial charge in [0.25, 0.3) is 0 Å². The number of rotatable bonds is 8. The molecule has 0 radical (unpaired) electrons. The lowest BCUT2D eigenvalue weighted by atomic mass is 10.3. The van der Waals surface area contributed by atoms with Crippen LogP contribution in [0, 0.1) is 6.92 Å². The Balaban J connectivity index is 2.35. The van der Waals surface area contributed by atoms with E-state index in [-0.39, 0.29) is 0 Å². The molecule has 1 rings (SSSR count). The van der Waals surface area contributed by atoms with E-state index in [0.717, 1.165) is 29.5 Å². The molecule has 98 valence electrons. The number of hydrogen-bond acceptors (Lipinski definition) is 3. The molecule has 17 heavy (non-hydrogen) atoms. The van der Waals surface area contributed by atoms with E-state index < -0.39 is 0 Å². The Kier molecular flexibility index (Phi) is 6.89. The van der Waals surface area contributed by atoms with Crippen molar-refractivity contribution in [3.63, 3.8) is 0 Å². The Bertz CT molecular complexity index is 342. The lowest BCUT2D eigenvalue weighted by Crippen LogP contribution is -2.21. The van der Waals surface area contributed by atoms with Gasteiger partial charge in [-0.2, -0.15) is 5.10 Å². The van der Waals surface area contributed by atoms with E-state index in [1.54, 1.807) is 0 Å². The average molecular weight is 280 g/mol. The van der Waals surface area contributed by atoms with E-state index >= 15 is 0 Å². The summed E-state index contributed by atoms with van der Waals surface area (Å²) in [7, 11) is 0. The van der Waals surface area contributed by atoms with Crippen molar-refractivity contribution >= 4 is 23.2 Å². The molecule has 0 aliphatic heterocycles. The zero-order chi connectivity index (χ0) is 12.7. The predicted molar refractivity (Wildman–Crippen MR) is 70.9 cm³/mol. The van der Waals surface area contributed by atoms with Gasteiger partial charge in [-0.15, -0.1) is 11.6 Å². The summed E-state index contributed by atoms with van der Waals surface area (Å²) >= 11 is 11.7. The van der Waals surface area contributed by atoms with E-state index in [1.165, 1.54) is 0 Å². The van der Waals surface area contributed by atoms with Gasteiger partial charge in [-0.1, -0.05) is 11.6 Å². The molecule has 0 bridgehead atoms. The average Bonchev–Trinajstić information content (AvgIpc) is 2.60. The summed E-state index contributed by atoms with van der Waals surface area (Å²) in [5.74, 6) is 0.535. The summed E-state index contributed by atoms with van der Waals surface area (Å²) in [4.78, 5) is 0. The second-order valence-corrected chi connectivity index (χ2v) is 4.40. The molecule has 0 saturated heterocycles. The minimum absolute atomic E-state index is 0.535. The summed E-state index contributed by atoms with van der Waals surface area (Å²) in [6.45, 7) is 7.53. The SMILES string of the molecule is CCn1nc(C)c(Cl)c1CNCCOCCCl. The molecule has 0 aromatic carbocycles. The molecule has 0 saturated carbocycles. The van der Waals surface area contributed by atoms with Crippen LogP contribution >= 0.6 is 23.2 Å². The molecule has 1 N–H and O–H groups in total. The molecule has 0 atom stereocenters. The van der Waals surface area contributed by atoms with Gasteiger partial charge in [-0.25, -0.2) is 0 Å². The summed E-state index contributed by atoms with van der Waals surface area (Å²) < 4.78 is 7.18. The maximum absolute atomic E-state index is 6.18. The van der Waals surface area contributed by atoms with E-state index in [4.69, 9.17) is 27.9 Å². The highest BCUT2D eigenvalue weighted by molar-refractivity contribution is 6.31. The number of aromatic nitrogens is 2. The van der Waals surface area contributed by atoms with Gasteiger partial charge in [-0.05, 0) is 13.8 Å². The highest BCUT2D eigenvalue weighted by Gasteiger charge is 2.11. The second-order valence-electron chi connectivity index (χ2n) is 3.64. The number of halogens is 2. The molecule has 6 heteroatoms. The van der Waals surface area contributed by atoms with E-state index in [0.29, 0.717) is 25.6 Å². The summed E-state index contributed by atoms with van der Waals surface area (Å²) in [6, 6.07) is 0. The molecular weight excluding hydrogens is 261 g/mol. The minimum Gasteiger partial charge on any atom is -0.379 e. The molecule has 0 unspecified atom stereocenters. The molecule has 4 nitrogen and oxygen atoms in total. The molecule has 1 heterocycles. The fourth-order valence-corrected chi connectivity index (χ4v) is 1.86. The van der Waals surface area contributed by atoms with Crippen LogP contribution in [0.25, 0.3) is 0 Å². The second kappa shape index (κ2) is 7.93. The Hall–Kier alpha value is -0.290. The zero-order valence-electron chi connectivity index (χ0n) is 10.3. The molecule has 0 spiro atoms. The van der Waals surface area contributed by atoms with Gasteiger partial charge in [0.1, 0.15) is 0 Å². The number of hydrogen-bond donors (Lipinski definition) is 1. The van der Waals surface area contributed by atoms with Crippen LogP contribution in [0.3, 0.4) is 0 Å². The number of alkyl halides is 1. The summed E-state index contributed by atoms with van der Waals surface area (Å²) in [5.41, 5.74) is 1.91. The van der Waals surface area contributed by atoms with Crippen LogP contribution in [-0.2, 0) is 17.8 Å². The Morgan fingerprint density at radius 2 is 2.18 bits per heavy atom. The Morgan fingerprint density at radius 1 is 1.41 bits per heavy atom. The summed E-state index contributed by atoms with van der Waals surface area (Å²) in [5, 5.41) is 8.38.